The number of rotatable bonds is 10. The smallest absolute Gasteiger partial charge is 0.257 e. The van der Waals surface area contributed by atoms with Gasteiger partial charge in [-0.2, -0.15) is 15.1 Å². The van der Waals surface area contributed by atoms with Gasteiger partial charge in [-0.15, -0.1) is 11.6 Å². The molecule has 0 saturated heterocycles. The SMILES string of the molecule is Cc1cccc(-c2nc(CN(Cc3noc(-c4cccc(C)c4)n3)CC(CCl)n3cc(C)cn3)no2)c1. The first-order chi connectivity index (χ1) is 18.0. The largest absolute Gasteiger partial charge is 0.334 e. The van der Waals surface area contributed by atoms with Crippen LogP contribution in [-0.2, 0) is 13.1 Å². The quantitative estimate of drug-likeness (QED) is 0.227. The Morgan fingerprint density at radius 2 is 1.41 bits per heavy atom. The molecule has 190 valence electrons. The molecule has 0 fully saturated rings. The summed E-state index contributed by atoms with van der Waals surface area (Å²) in [4.78, 5) is 11.4. The molecular formula is C27H28ClN7O2. The summed E-state index contributed by atoms with van der Waals surface area (Å²) in [5.74, 6) is 2.47. The molecule has 0 spiro atoms. The molecule has 0 aliphatic rings. The van der Waals surface area contributed by atoms with E-state index in [1.807, 2.05) is 86.4 Å². The van der Waals surface area contributed by atoms with Crippen molar-refractivity contribution in [2.24, 2.45) is 0 Å². The van der Waals surface area contributed by atoms with Gasteiger partial charge in [-0.25, -0.2) is 0 Å². The highest BCUT2D eigenvalue weighted by Crippen LogP contribution is 2.22. The Hall–Kier alpha value is -3.82. The Morgan fingerprint density at radius 3 is 1.86 bits per heavy atom. The van der Waals surface area contributed by atoms with Crippen molar-refractivity contribution in [3.63, 3.8) is 0 Å². The minimum absolute atomic E-state index is 0.0679. The molecule has 1 atom stereocenters. The highest BCUT2D eigenvalue weighted by molar-refractivity contribution is 6.18. The average Bonchev–Trinajstić information content (AvgIpc) is 3.64. The first-order valence-electron chi connectivity index (χ1n) is 12.0. The van der Waals surface area contributed by atoms with Crippen molar-refractivity contribution < 1.29 is 9.05 Å². The topological polar surface area (TPSA) is 98.9 Å². The zero-order chi connectivity index (χ0) is 25.8. The number of aromatic nitrogens is 6. The molecule has 0 bridgehead atoms. The fourth-order valence-corrected chi connectivity index (χ4v) is 4.38. The molecule has 0 amide bonds. The zero-order valence-electron chi connectivity index (χ0n) is 21.0. The van der Waals surface area contributed by atoms with E-state index in [-0.39, 0.29) is 6.04 Å². The van der Waals surface area contributed by atoms with Crippen LogP contribution in [0.15, 0.2) is 70.0 Å². The van der Waals surface area contributed by atoms with Crippen LogP contribution in [0.3, 0.4) is 0 Å². The van der Waals surface area contributed by atoms with Gasteiger partial charge in [-0.05, 0) is 50.6 Å². The lowest BCUT2D eigenvalue weighted by molar-refractivity contribution is 0.202. The molecule has 2 aromatic carbocycles. The Balaban J connectivity index is 1.38. The molecule has 1 unspecified atom stereocenters. The fourth-order valence-electron chi connectivity index (χ4n) is 4.15. The monoisotopic (exact) mass is 517 g/mol. The van der Waals surface area contributed by atoms with Gasteiger partial charge in [0, 0.05) is 29.7 Å². The number of aryl methyl sites for hydroxylation is 3. The molecule has 37 heavy (non-hydrogen) atoms. The van der Waals surface area contributed by atoms with E-state index in [0.717, 1.165) is 27.8 Å². The number of hydrogen-bond donors (Lipinski definition) is 0. The Morgan fingerprint density at radius 1 is 0.838 bits per heavy atom. The number of halogens is 1. The summed E-state index contributed by atoms with van der Waals surface area (Å²) in [6, 6.07) is 15.9. The molecular weight excluding hydrogens is 490 g/mol. The van der Waals surface area contributed by atoms with Gasteiger partial charge >= 0.3 is 0 Å². The van der Waals surface area contributed by atoms with Gasteiger partial charge in [0.15, 0.2) is 11.6 Å². The van der Waals surface area contributed by atoms with Crippen LogP contribution in [0.4, 0.5) is 0 Å². The number of hydrogen-bond acceptors (Lipinski definition) is 8. The van der Waals surface area contributed by atoms with Crippen molar-refractivity contribution in [2.45, 2.75) is 39.9 Å². The minimum Gasteiger partial charge on any atom is -0.334 e. The third kappa shape index (κ3) is 6.12. The summed E-state index contributed by atoms with van der Waals surface area (Å²) in [5.41, 5.74) is 5.09. The van der Waals surface area contributed by atoms with Gasteiger partial charge in [-0.1, -0.05) is 45.7 Å². The Kier molecular flexibility index (Phi) is 7.43. The van der Waals surface area contributed by atoms with Crippen LogP contribution in [0.2, 0.25) is 0 Å². The summed E-state index contributed by atoms with van der Waals surface area (Å²) in [6.45, 7) is 7.47. The second kappa shape index (κ2) is 11.1. The Bertz CT molecular complexity index is 1390. The van der Waals surface area contributed by atoms with Gasteiger partial charge in [0.25, 0.3) is 11.8 Å². The van der Waals surface area contributed by atoms with E-state index in [9.17, 15) is 0 Å². The highest BCUT2D eigenvalue weighted by atomic mass is 35.5. The molecule has 9 nitrogen and oxygen atoms in total. The molecule has 3 aromatic heterocycles. The van der Waals surface area contributed by atoms with E-state index in [4.69, 9.17) is 20.6 Å². The van der Waals surface area contributed by atoms with Crippen LogP contribution in [-0.4, -0.2) is 47.4 Å². The summed E-state index contributed by atoms with van der Waals surface area (Å²) >= 11 is 6.37. The second-order valence-corrected chi connectivity index (χ2v) is 9.55. The average molecular weight is 518 g/mol. The lowest BCUT2D eigenvalue weighted by Gasteiger charge is -2.24. The molecule has 5 rings (SSSR count). The molecule has 0 aliphatic carbocycles. The van der Waals surface area contributed by atoms with E-state index in [1.54, 1.807) is 0 Å². The highest BCUT2D eigenvalue weighted by Gasteiger charge is 2.21. The molecule has 0 N–H and O–H groups in total. The van der Waals surface area contributed by atoms with Crippen LogP contribution in [0.5, 0.6) is 0 Å². The minimum atomic E-state index is -0.0679. The number of benzene rings is 2. The third-order valence-electron chi connectivity index (χ3n) is 5.95. The van der Waals surface area contributed by atoms with E-state index in [0.29, 0.717) is 48.9 Å². The first kappa shape index (κ1) is 24.9. The summed E-state index contributed by atoms with van der Waals surface area (Å²) < 4.78 is 13.0. The van der Waals surface area contributed by atoms with Gasteiger partial charge < -0.3 is 9.05 Å². The Labute approximate surface area is 220 Å². The van der Waals surface area contributed by atoms with Crippen LogP contribution >= 0.6 is 11.6 Å². The van der Waals surface area contributed by atoms with Gasteiger partial charge in [0.1, 0.15) is 0 Å². The molecule has 5 aromatic rings. The van der Waals surface area contributed by atoms with Gasteiger partial charge in [-0.3, -0.25) is 9.58 Å². The summed E-state index contributed by atoms with van der Waals surface area (Å²) in [6.07, 6.45) is 3.81. The molecule has 0 saturated carbocycles. The molecule has 0 aliphatic heterocycles. The van der Waals surface area contributed by atoms with E-state index >= 15 is 0 Å². The van der Waals surface area contributed by atoms with Crippen LogP contribution in [0.1, 0.15) is 34.4 Å². The van der Waals surface area contributed by atoms with Crippen molar-refractivity contribution in [3.05, 3.63) is 89.3 Å². The van der Waals surface area contributed by atoms with Crippen LogP contribution in [0.25, 0.3) is 22.9 Å². The van der Waals surface area contributed by atoms with Crippen molar-refractivity contribution in [1.29, 1.82) is 0 Å². The zero-order valence-corrected chi connectivity index (χ0v) is 21.8. The second-order valence-electron chi connectivity index (χ2n) is 9.25. The lowest BCUT2D eigenvalue weighted by Crippen LogP contribution is -2.32. The number of alkyl halides is 1. The van der Waals surface area contributed by atoms with Crippen molar-refractivity contribution >= 4 is 11.6 Å². The van der Waals surface area contributed by atoms with Gasteiger partial charge in [0.2, 0.25) is 0 Å². The molecule has 3 heterocycles. The van der Waals surface area contributed by atoms with Crippen molar-refractivity contribution in [1.82, 2.24) is 35.0 Å². The maximum Gasteiger partial charge on any atom is 0.257 e. The first-order valence-corrected chi connectivity index (χ1v) is 12.6. The van der Waals surface area contributed by atoms with Crippen LogP contribution < -0.4 is 0 Å². The lowest BCUT2D eigenvalue weighted by atomic mass is 10.1. The van der Waals surface area contributed by atoms with E-state index < -0.39 is 0 Å². The predicted molar refractivity (Wildman–Crippen MR) is 140 cm³/mol. The normalized spacial score (nSPS) is 12.4. The maximum absolute atomic E-state index is 6.37. The third-order valence-corrected chi connectivity index (χ3v) is 6.30. The predicted octanol–water partition coefficient (Wildman–Crippen LogP) is 5.39. The molecule has 0 radical (unpaired) electrons. The van der Waals surface area contributed by atoms with Crippen LogP contribution in [0, 0.1) is 20.8 Å². The van der Waals surface area contributed by atoms with E-state index in [1.165, 1.54) is 0 Å². The summed E-state index contributed by atoms with van der Waals surface area (Å²) in [7, 11) is 0. The summed E-state index contributed by atoms with van der Waals surface area (Å²) in [5, 5.41) is 12.9. The molecule has 10 heteroatoms. The fraction of sp³-hybridized carbons (Fsp3) is 0.296. The van der Waals surface area contributed by atoms with Crippen molar-refractivity contribution in [3.8, 4) is 22.9 Å². The van der Waals surface area contributed by atoms with Gasteiger partial charge in [0.05, 0.1) is 25.3 Å². The maximum atomic E-state index is 6.37. The van der Waals surface area contributed by atoms with E-state index in [2.05, 4.69) is 30.3 Å². The standard InChI is InChI=1S/C27H28ClN7O2/c1-18-6-4-8-21(10-18)26-30-24(32-36-26)16-34(15-23(12-28)35-14-20(3)13-29-35)17-25-31-27(37-33-25)22-9-5-7-19(2)11-22/h4-11,13-14,23H,12,15-17H2,1-3H3. The number of nitrogens with zero attached hydrogens (tertiary/aromatic N) is 7. The van der Waals surface area contributed by atoms with Crippen molar-refractivity contribution in [2.75, 3.05) is 12.4 Å².